The maximum absolute atomic E-state index is 12.4. The maximum atomic E-state index is 12.4. The Kier molecular flexibility index (Phi) is 7.46. The summed E-state index contributed by atoms with van der Waals surface area (Å²) in [4.78, 5) is 12.4. The van der Waals surface area contributed by atoms with Crippen LogP contribution in [0.25, 0.3) is 6.08 Å². The molecule has 2 aromatic carbocycles. The molecule has 25 heavy (non-hydrogen) atoms. The smallest absolute Gasteiger partial charge is 0.203 e. The molecule has 0 saturated carbocycles. The number of benzene rings is 2. The van der Waals surface area contributed by atoms with Crippen molar-refractivity contribution in [2.45, 2.75) is 32.6 Å². The number of nitrogens with zero attached hydrogens (tertiary/aromatic N) is 1. The molecule has 128 valence electrons. The van der Waals surface area contributed by atoms with Gasteiger partial charge in [0.05, 0.1) is 6.61 Å². The van der Waals surface area contributed by atoms with Crippen molar-refractivity contribution >= 4 is 11.9 Å². The minimum Gasteiger partial charge on any atom is -0.494 e. The second-order valence-corrected chi connectivity index (χ2v) is 5.84. The fraction of sp³-hybridized carbons (Fsp3) is 0.273. The van der Waals surface area contributed by atoms with Gasteiger partial charge in [-0.2, -0.15) is 5.26 Å². The van der Waals surface area contributed by atoms with Gasteiger partial charge in [0.1, 0.15) is 17.4 Å². The monoisotopic (exact) mass is 333 g/mol. The van der Waals surface area contributed by atoms with E-state index in [1.54, 1.807) is 30.3 Å². The molecule has 2 rings (SSSR count). The number of nitriles is 1. The Bertz CT molecular complexity index is 740. The molecular formula is C22H23NO2. The summed E-state index contributed by atoms with van der Waals surface area (Å²) in [5, 5.41) is 9.30. The summed E-state index contributed by atoms with van der Waals surface area (Å²) in [7, 11) is 0. The Balaban J connectivity index is 1.99. The first-order chi connectivity index (χ1) is 12.2. The highest BCUT2D eigenvalue weighted by atomic mass is 16.5. The number of Topliss-reactive ketones (excluding diaryl/α,β-unsaturated/α-hetero) is 1. The highest BCUT2D eigenvalue weighted by Crippen LogP contribution is 2.17. The van der Waals surface area contributed by atoms with Crippen molar-refractivity contribution in [3.63, 3.8) is 0 Å². The molecule has 0 spiro atoms. The Morgan fingerprint density at radius 1 is 1.04 bits per heavy atom. The Labute approximate surface area is 149 Å². The summed E-state index contributed by atoms with van der Waals surface area (Å²) < 4.78 is 5.70. The Hall–Kier alpha value is -2.86. The fourth-order valence-corrected chi connectivity index (χ4v) is 2.44. The van der Waals surface area contributed by atoms with Crippen molar-refractivity contribution in [1.82, 2.24) is 0 Å². The number of ketones is 1. The summed E-state index contributed by atoms with van der Waals surface area (Å²) in [6, 6.07) is 18.3. The molecule has 0 aliphatic carbocycles. The Morgan fingerprint density at radius 2 is 1.76 bits per heavy atom. The van der Waals surface area contributed by atoms with Crippen LogP contribution in [0.2, 0.25) is 0 Å². The average Bonchev–Trinajstić information content (AvgIpc) is 2.67. The van der Waals surface area contributed by atoms with E-state index in [2.05, 4.69) is 6.92 Å². The van der Waals surface area contributed by atoms with Crippen LogP contribution in [0.4, 0.5) is 0 Å². The SMILES string of the molecule is CCCCCCOc1ccc(C=C(C#N)C(=O)c2ccccc2)cc1. The van der Waals surface area contributed by atoms with Crippen molar-refractivity contribution in [2.75, 3.05) is 6.61 Å². The van der Waals surface area contributed by atoms with E-state index >= 15 is 0 Å². The van der Waals surface area contributed by atoms with Crippen LogP contribution in [0.1, 0.15) is 48.5 Å². The predicted molar refractivity (Wildman–Crippen MR) is 100 cm³/mol. The molecule has 0 unspecified atom stereocenters. The van der Waals surface area contributed by atoms with Crippen molar-refractivity contribution < 1.29 is 9.53 Å². The first kappa shape index (κ1) is 18.5. The second kappa shape index (κ2) is 10.1. The summed E-state index contributed by atoms with van der Waals surface area (Å²) in [6.45, 7) is 2.90. The highest BCUT2D eigenvalue weighted by molar-refractivity contribution is 6.14. The number of ether oxygens (including phenoxy) is 1. The molecule has 2 aromatic rings. The number of carbonyl (C=O) groups excluding carboxylic acids is 1. The van der Waals surface area contributed by atoms with Gasteiger partial charge in [0.2, 0.25) is 5.78 Å². The molecule has 0 saturated heterocycles. The zero-order chi connectivity index (χ0) is 17.9. The molecule has 0 bridgehead atoms. The van der Waals surface area contributed by atoms with Gasteiger partial charge >= 0.3 is 0 Å². The third-order valence-electron chi connectivity index (χ3n) is 3.86. The van der Waals surface area contributed by atoms with Crippen LogP contribution in [-0.4, -0.2) is 12.4 Å². The zero-order valence-corrected chi connectivity index (χ0v) is 14.6. The third kappa shape index (κ3) is 5.93. The molecule has 0 aliphatic heterocycles. The van der Waals surface area contributed by atoms with Gasteiger partial charge in [0.25, 0.3) is 0 Å². The van der Waals surface area contributed by atoms with E-state index < -0.39 is 0 Å². The largest absolute Gasteiger partial charge is 0.494 e. The topological polar surface area (TPSA) is 50.1 Å². The molecule has 3 heteroatoms. The van der Waals surface area contributed by atoms with E-state index in [1.165, 1.54) is 19.3 Å². The number of unbranched alkanes of at least 4 members (excludes halogenated alkanes) is 3. The molecule has 0 atom stereocenters. The lowest BCUT2D eigenvalue weighted by Crippen LogP contribution is -2.01. The van der Waals surface area contributed by atoms with Crippen LogP contribution in [0.15, 0.2) is 60.2 Å². The molecule has 0 N–H and O–H groups in total. The normalized spacial score (nSPS) is 11.0. The van der Waals surface area contributed by atoms with Crippen LogP contribution in [0, 0.1) is 11.3 Å². The van der Waals surface area contributed by atoms with Gasteiger partial charge in [-0.05, 0) is 30.2 Å². The molecule has 0 amide bonds. The lowest BCUT2D eigenvalue weighted by molar-refractivity contribution is 0.104. The summed E-state index contributed by atoms with van der Waals surface area (Å²) in [5.41, 5.74) is 1.45. The van der Waals surface area contributed by atoms with Crippen LogP contribution < -0.4 is 4.74 Å². The van der Waals surface area contributed by atoms with Gasteiger partial charge < -0.3 is 4.74 Å². The van der Waals surface area contributed by atoms with Gasteiger partial charge in [0.15, 0.2) is 0 Å². The van der Waals surface area contributed by atoms with E-state index in [-0.39, 0.29) is 11.4 Å². The van der Waals surface area contributed by atoms with Crippen LogP contribution in [0.3, 0.4) is 0 Å². The predicted octanol–water partition coefficient (Wildman–Crippen LogP) is 5.44. The first-order valence-corrected chi connectivity index (χ1v) is 8.69. The molecule has 0 fully saturated rings. The summed E-state index contributed by atoms with van der Waals surface area (Å²) >= 11 is 0. The summed E-state index contributed by atoms with van der Waals surface area (Å²) in [5.74, 6) is 0.542. The molecule has 0 aliphatic rings. The quantitative estimate of drug-likeness (QED) is 0.266. The first-order valence-electron chi connectivity index (χ1n) is 8.69. The van der Waals surface area contributed by atoms with E-state index in [0.29, 0.717) is 12.2 Å². The second-order valence-electron chi connectivity index (χ2n) is 5.84. The molecule has 0 radical (unpaired) electrons. The standard InChI is InChI=1S/C22H23NO2/c1-2-3-4-8-15-25-21-13-11-18(12-14-21)16-20(17-23)22(24)19-9-6-5-7-10-19/h5-7,9-14,16H,2-4,8,15H2,1H3. The van der Waals surface area contributed by atoms with E-state index in [9.17, 15) is 10.1 Å². The number of rotatable bonds is 9. The van der Waals surface area contributed by atoms with Gasteiger partial charge in [-0.25, -0.2) is 0 Å². The minimum atomic E-state index is -0.264. The van der Waals surface area contributed by atoms with Crippen LogP contribution in [-0.2, 0) is 0 Å². The van der Waals surface area contributed by atoms with Crippen molar-refractivity contribution in [3.05, 3.63) is 71.3 Å². The fourth-order valence-electron chi connectivity index (χ4n) is 2.44. The van der Waals surface area contributed by atoms with E-state index in [1.807, 2.05) is 36.4 Å². The molecule has 0 heterocycles. The average molecular weight is 333 g/mol. The van der Waals surface area contributed by atoms with E-state index in [4.69, 9.17) is 4.74 Å². The van der Waals surface area contributed by atoms with Crippen molar-refractivity contribution in [2.24, 2.45) is 0 Å². The van der Waals surface area contributed by atoms with Gasteiger partial charge in [0, 0.05) is 5.56 Å². The third-order valence-corrected chi connectivity index (χ3v) is 3.86. The Morgan fingerprint density at radius 3 is 2.40 bits per heavy atom. The van der Waals surface area contributed by atoms with Crippen molar-refractivity contribution in [3.8, 4) is 11.8 Å². The molecule has 3 nitrogen and oxygen atoms in total. The summed E-state index contributed by atoms with van der Waals surface area (Å²) in [6.07, 6.45) is 6.30. The lowest BCUT2D eigenvalue weighted by atomic mass is 10.0. The maximum Gasteiger partial charge on any atom is 0.203 e. The number of hydrogen-bond donors (Lipinski definition) is 0. The number of hydrogen-bond acceptors (Lipinski definition) is 3. The van der Waals surface area contributed by atoms with Gasteiger partial charge in [-0.15, -0.1) is 0 Å². The molecule has 0 aromatic heterocycles. The minimum absolute atomic E-state index is 0.124. The van der Waals surface area contributed by atoms with Crippen molar-refractivity contribution in [1.29, 1.82) is 5.26 Å². The van der Waals surface area contributed by atoms with Gasteiger partial charge in [-0.1, -0.05) is 68.7 Å². The van der Waals surface area contributed by atoms with Crippen LogP contribution >= 0.6 is 0 Å². The van der Waals surface area contributed by atoms with Gasteiger partial charge in [-0.3, -0.25) is 4.79 Å². The molecular weight excluding hydrogens is 310 g/mol. The van der Waals surface area contributed by atoms with E-state index in [0.717, 1.165) is 17.7 Å². The van der Waals surface area contributed by atoms with Crippen LogP contribution in [0.5, 0.6) is 5.75 Å². The lowest BCUT2D eigenvalue weighted by Gasteiger charge is -2.06. The number of allylic oxidation sites excluding steroid dienone is 1. The zero-order valence-electron chi connectivity index (χ0n) is 14.6. The highest BCUT2D eigenvalue weighted by Gasteiger charge is 2.11. The number of carbonyl (C=O) groups is 1.